The number of nitriles is 2. The minimum atomic E-state index is -3.95. The number of likely N-dealkylation sites (N-methyl/N-ethyl adjacent to an activating group) is 1. The summed E-state index contributed by atoms with van der Waals surface area (Å²) in [5.74, 6) is 0.782. The lowest BCUT2D eigenvalue weighted by atomic mass is 10.2. The smallest absolute Gasteiger partial charge is 0.260 e. The normalized spacial score (nSPS) is 11.4. The summed E-state index contributed by atoms with van der Waals surface area (Å²) in [6.45, 7) is 6.73. The zero-order valence-electron chi connectivity index (χ0n) is 23.7. The van der Waals surface area contributed by atoms with E-state index < -0.39 is 10.0 Å². The van der Waals surface area contributed by atoms with Crippen molar-refractivity contribution in [2.45, 2.75) is 31.6 Å². The van der Waals surface area contributed by atoms with E-state index in [9.17, 15) is 13.2 Å². The van der Waals surface area contributed by atoms with Crippen molar-refractivity contribution in [2.24, 2.45) is 0 Å². The number of aromatic nitrogens is 1. The van der Waals surface area contributed by atoms with Crippen LogP contribution in [0.25, 0.3) is 10.2 Å². The van der Waals surface area contributed by atoms with Crippen molar-refractivity contribution in [3.8, 4) is 23.6 Å². The molecule has 2 aromatic carbocycles. The number of amides is 1. The van der Waals surface area contributed by atoms with Crippen LogP contribution in [-0.4, -0.2) is 82.0 Å². The first-order valence-electron chi connectivity index (χ1n) is 13.1. The Kier molecular flexibility index (Phi) is 11.4. The van der Waals surface area contributed by atoms with Gasteiger partial charge >= 0.3 is 0 Å². The van der Waals surface area contributed by atoms with Gasteiger partial charge in [0.25, 0.3) is 5.91 Å². The number of anilines is 1. The molecule has 1 aromatic heterocycles. The van der Waals surface area contributed by atoms with Gasteiger partial charge in [0, 0.05) is 56.7 Å². The summed E-state index contributed by atoms with van der Waals surface area (Å²) in [4.78, 5) is 22.3. The molecule has 218 valence electrons. The van der Waals surface area contributed by atoms with Gasteiger partial charge in [0.1, 0.15) is 0 Å². The third-order valence-electron chi connectivity index (χ3n) is 6.58. The Morgan fingerprint density at radius 1 is 0.927 bits per heavy atom. The van der Waals surface area contributed by atoms with Crippen LogP contribution in [0.5, 0.6) is 11.5 Å². The van der Waals surface area contributed by atoms with Crippen molar-refractivity contribution in [3.05, 3.63) is 42.0 Å². The molecule has 0 N–H and O–H groups in total. The van der Waals surface area contributed by atoms with Gasteiger partial charge in [-0.15, -0.1) is 0 Å². The fourth-order valence-corrected chi connectivity index (χ4v) is 6.64. The van der Waals surface area contributed by atoms with Crippen LogP contribution in [0.15, 0.2) is 41.3 Å². The molecule has 0 bridgehead atoms. The number of ether oxygens (including phenoxy) is 2. The third-order valence-corrected chi connectivity index (χ3v) is 9.53. The Hall–Kier alpha value is -3.75. The fourth-order valence-electron chi connectivity index (χ4n) is 4.20. The van der Waals surface area contributed by atoms with E-state index in [0.29, 0.717) is 40.8 Å². The van der Waals surface area contributed by atoms with Crippen LogP contribution in [0.1, 0.15) is 37.0 Å². The number of rotatable bonds is 15. The van der Waals surface area contributed by atoms with Crippen LogP contribution >= 0.6 is 11.3 Å². The second kappa shape index (κ2) is 14.8. The van der Waals surface area contributed by atoms with Crippen LogP contribution in [-0.2, 0) is 10.0 Å². The summed E-state index contributed by atoms with van der Waals surface area (Å²) >= 11 is 1.36. The van der Waals surface area contributed by atoms with Crippen LogP contribution in [0, 0.1) is 22.7 Å². The number of carbonyl (C=O) groups is 1. The highest BCUT2D eigenvalue weighted by atomic mass is 32.2. The number of nitrogens with zero attached hydrogens (tertiary/aromatic N) is 6. The molecule has 0 atom stereocenters. The van der Waals surface area contributed by atoms with Gasteiger partial charge in [-0.3, -0.25) is 9.69 Å². The second-order valence-electron chi connectivity index (χ2n) is 8.90. The van der Waals surface area contributed by atoms with E-state index in [1.165, 1.54) is 35.6 Å². The third kappa shape index (κ3) is 7.51. The van der Waals surface area contributed by atoms with E-state index >= 15 is 0 Å². The quantitative estimate of drug-likeness (QED) is 0.253. The predicted octanol–water partition coefficient (Wildman–Crippen LogP) is 4.12. The van der Waals surface area contributed by atoms with Crippen molar-refractivity contribution >= 4 is 42.6 Å². The minimum absolute atomic E-state index is 0.00262. The topological polar surface area (TPSA) is 140 Å². The molecule has 0 aliphatic rings. The maximum Gasteiger partial charge on any atom is 0.260 e. The highest BCUT2D eigenvalue weighted by Crippen LogP contribution is 2.37. The Morgan fingerprint density at radius 3 is 2.05 bits per heavy atom. The molecule has 0 aliphatic carbocycles. The van der Waals surface area contributed by atoms with Crippen LogP contribution in [0.2, 0.25) is 0 Å². The summed E-state index contributed by atoms with van der Waals surface area (Å²) < 4.78 is 39.2. The lowest BCUT2D eigenvalue weighted by Gasteiger charge is -2.25. The molecule has 0 aliphatic heterocycles. The predicted molar refractivity (Wildman–Crippen MR) is 158 cm³/mol. The van der Waals surface area contributed by atoms with Gasteiger partial charge in [0.2, 0.25) is 10.0 Å². The standard InChI is InChI=1S/C28H34N6O5S2/c1-5-32(6-2)17-18-34(28-31-23-19-24(38-3)25(39-4)20-26(23)40-28)27(35)21-9-11-22(12-10-21)41(36,37)33(15-7-13-29)16-8-14-30/h9-12,19-20H,5-8,15-18H2,1-4H3. The molecule has 0 saturated carbocycles. The lowest BCUT2D eigenvalue weighted by Crippen LogP contribution is -2.39. The summed E-state index contributed by atoms with van der Waals surface area (Å²) in [6, 6.07) is 13.2. The van der Waals surface area contributed by atoms with Crippen molar-refractivity contribution in [1.82, 2.24) is 14.2 Å². The van der Waals surface area contributed by atoms with Crippen molar-refractivity contribution in [2.75, 3.05) is 58.4 Å². The number of hydrogen-bond donors (Lipinski definition) is 0. The zero-order valence-corrected chi connectivity index (χ0v) is 25.3. The SMILES string of the molecule is CCN(CC)CCN(C(=O)c1ccc(S(=O)(=O)N(CCC#N)CCC#N)cc1)c1nc2cc(OC)c(OC)cc2s1. The monoisotopic (exact) mass is 598 g/mol. The van der Waals surface area contributed by atoms with Gasteiger partial charge in [-0.1, -0.05) is 25.2 Å². The summed E-state index contributed by atoms with van der Waals surface area (Å²) in [5, 5.41) is 18.4. The van der Waals surface area contributed by atoms with Crippen molar-refractivity contribution in [3.63, 3.8) is 0 Å². The van der Waals surface area contributed by atoms with E-state index in [-0.39, 0.29) is 36.7 Å². The van der Waals surface area contributed by atoms with Gasteiger partial charge in [0.15, 0.2) is 16.6 Å². The van der Waals surface area contributed by atoms with Gasteiger partial charge in [-0.2, -0.15) is 14.8 Å². The summed E-state index contributed by atoms with van der Waals surface area (Å²) in [7, 11) is -0.848. The second-order valence-corrected chi connectivity index (χ2v) is 11.8. The fraction of sp³-hybridized carbons (Fsp3) is 0.429. The first-order valence-corrected chi connectivity index (χ1v) is 15.4. The number of hydrogen-bond acceptors (Lipinski definition) is 10. The van der Waals surface area contributed by atoms with Crippen LogP contribution < -0.4 is 14.4 Å². The minimum Gasteiger partial charge on any atom is -0.493 e. The molecule has 1 amide bonds. The molecule has 0 fully saturated rings. The van der Waals surface area contributed by atoms with Crippen LogP contribution in [0.4, 0.5) is 5.13 Å². The van der Waals surface area contributed by atoms with Gasteiger partial charge in [0.05, 0.1) is 41.5 Å². The van der Waals surface area contributed by atoms with E-state index in [0.717, 1.165) is 22.1 Å². The molecular weight excluding hydrogens is 564 g/mol. The van der Waals surface area contributed by atoms with E-state index in [4.69, 9.17) is 25.0 Å². The van der Waals surface area contributed by atoms with Gasteiger partial charge in [-0.05, 0) is 37.4 Å². The number of fused-ring (bicyclic) bond motifs is 1. The molecule has 3 rings (SSSR count). The van der Waals surface area contributed by atoms with Gasteiger partial charge in [-0.25, -0.2) is 13.4 Å². The number of carbonyl (C=O) groups excluding carboxylic acids is 1. The average molecular weight is 599 g/mol. The largest absolute Gasteiger partial charge is 0.493 e. The Labute approximate surface area is 245 Å². The molecular formula is C28H34N6O5S2. The first-order chi connectivity index (χ1) is 19.7. The Morgan fingerprint density at radius 2 is 1.51 bits per heavy atom. The van der Waals surface area contributed by atoms with Gasteiger partial charge < -0.3 is 14.4 Å². The van der Waals surface area contributed by atoms with Crippen molar-refractivity contribution in [1.29, 1.82) is 10.5 Å². The average Bonchev–Trinajstić information content (AvgIpc) is 3.40. The van der Waals surface area contributed by atoms with E-state index in [1.807, 2.05) is 18.2 Å². The maximum atomic E-state index is 13.8. The number of methoxy groups -OCH3 is 2. The Balaban J connectivity index is 1.96. The Bertz CT molecular complexity index is 1460. The number of thiazole rings is 1. The van der Waals surface area contributed by atoms with E-state index in [1.54, 1.807) is 25.2 Å². The molecule has 0 unspecified atom stereocenters. The van der Waals surface area contributed by atoms with E-state index in [2.05, 4.69) is 18.7 Å². The highest BCUT2D eigenvalue weighted by molar-refractivity contribution is 7.89. The molecule has 3 aromatic rings. The van der Waals surface area contributed by atoms with Crippen LogP contribution in [0.3, 0.4) is 0 Å². The van der Waals surface area contributed by atoms with Crippen molar-refractivity contribution < 1.29 is 22.7 Å². The summed E-state index contributed by atoms with van der Waals surface area (Å²) in [6.07, 6.45) is 0.00524. The molecule has 11 nitrogen and oxygen atoms in total. The molecule has 0 radical (unpaired) electrons. The molecule has 0 spiro atoms. The molecule has 41 heavy (non-hydrogen) atoms. The molecule has 0 saturated heterocycles. The zero-order chi connectivity index (χ0) is 30.0. The summed E-state index contributed by atoms with van der Waals surface area (Å²) in [5.41, 5.74) is 0.970. The number of benzene rings is 2. The first kappa shape index (κ1) is 31.8. The lowest BCUT2D eigenvalue weighted by molar-refractivity contribution is 0.0983. The number of sulfonamides is 1. The molecule has 13 heteroatoms. The molecule has 1 heterocycles. The maximum absolute atomic E-state index is 13.8. The highest BCUT2D eigenvalue weighted by Gasteiger charge is 2.26.